The highest BCUT2D eigenvalue weighted by molar-refractivity contribution is 8.00. The first kappa shape index (κ1) is 20.6. The molecule has 0 aromatic heterocycles. The monoisotopic (exact) mass is 388 g/mol. The summed E-state index contributed by atoms with van der Waals surface area (Å²) in [6.07, 6.45) is -4.42. The third kappa shape index (κ3) is 4.72. The van der Waals surface area contributed by atoms with E-state index in [1.54, 1.807) is 15.9 Å². The summed E-state index contributed by atoms with van der Waals surface area (Å²) in [5.74, 6) is -0.0312. The van der Waals surface area contributed by atoms with Gasteiger partial charge in [0.15, 0.2) is 0 Å². The number of amides is 2. The molecule has 1 aromatic rings. The normalized spacial score (nSPS) is 17.9. The molecule has 1 saturated heterocycles. The lowest BCUT2D eigenvalue weighted by Gasteiger charge is -2.29. The van der Waals surface area contributed by atoms with E-state index in [2.05, 4.69) is 0 Å². The van der Waals surface area contributed by atoms with E-state index in [0.29, 0.717) is 25.2 Å². The van der Waals surface area contributed by atoms with Gasteiger partial charge in [0.25, 0.3) is 0 Å². The number of hydrogen-bond donors (Lipinski definition) is 0. The third-order valence-corrected chi connectivity index (χ3v) is 5.52. The molecule has 26 heavy (non-hydrogen) atoms. The Hall–Kier alpha value is -1.70. The van der Waals surface area contributed by atoms with Gasteiger partial charge in [0.2, 0.25) is 11.8 Å². The Morgan fingerprint density at radius 2 is 2.08 bits per heavy atom. The Balaban J connectivity index is 2.15. The average Bonchev–Trinajstić information content (AvgIpc) is 2.95. The number of nitrogens with zero attached hydrogens (tertiary/aromatic N) is 2. The van der Waals surface area contributed by atoms with E-state index >= 15 is 0 Å². The molecule has 1 aliphatic heterocycles. The van der Waals surface area contributed by atoms with Crippen molar-refractivity contribution < 1.29 is 22.8 Å². The van der Waals surface area contributed by atoms with Gasteiger partial charge in [-0.3, -0.25) is 9.59 Å². The van der Waals surface area contributed by atoms with Crippen molar-refractivity contribution in [3.05, 3.63) is 35.4 Å². The first-order chi connectivity index (χ1) is 12.1. The molecule has 0 spiro atoms. The number of halogens is 3. The van der Waals surface area contributed by atoms with Crippen LogP contribution in [0.4, 0.5) is 13.2 Å². The second kappa shape index (κ2) is 8.33. The molecule has 2 amide bonds. The molecule has 1 heterocycles. The van der Waals surface area contributed by atoms with Gasteiger partial charge in [-0.05, 0) is 24.6 Å². The summed E-state index contributed by atoms with van der Waals surface area (Å²) >= 11 is 1.31. The molecule has 1 atom stereocenters. The van der Waals surface area contributed by atoms with E-state index in [-0.39, 0.29) is 23.5 Å². The maximum absolute atomic E-state index is 13.0. The molecule has 1 aliphatic rings. The summed E-state index contributed by atoms with van der Waals surface area (Å²) in [5, 5.41) is -0.461. The molecule has 4 nitrogen and oxygen atoms in total. The Bertz CT molecular complexity index is 664. The maximum atomic E-state index is 13.0. The molecule has 144 valence electrons. The topological polar surface area (TPSA) is 40.6 Å². The summed E-state index contributed by atoms with van der Waals surface area (Å²) in [7, 11) is 0. The fourth-order valence-corrected chi connectivity index (χ4v) is 4.07. The first-order valence-electron chi connectivity index (χ1n) is 8.52. The van der Waals surface area contributed by atoms with Crippen LogP contribution >= 0.6 is 11.8 Å². The summed E-state index contributed by atoms with van der Waals surface area (Å²) in [6, 6.07) is 5.09. The minimum absolute atomic E-state index is 0.00224. The van der Waals surface area contributed by atoms with Gasteiger partial charge in [-0.1, -0.05) is 26.0 Å². The highest BCUT2D eigenvalue weighted by Crippen LogP contribution is 2.40. The van der Waals surface area contributed by atoms with E-state index in [1.807, 2.05) is 20.8 Å². The van der Waals surface area contributed by atoms with Gasteiger partial charge in [0, 0.05) is 25.6 Å². The van der Waals surface area contributed by atoms with Crippen molar-refractivity contribution in [2.24, 2.45) is 5.92 Å². The van der Waals surface area contributed by atoms with Crippen LogP contribution in [0, 0.1) is 5.92 Å². The smallest absolute Gasteiger partial charge is 0.341 e. The van der Waals surface area contributed by atoms with Crippen LogP contribution in [0.25, 0.3) is 0 Å². The van der Waals surface area contributed by atoms with Gasteiger partial charge in [0.1, 0.15) is 5.37 Å². The lowest BCUT2D eigenvalue weighted by atomic mass is 10.1. The Labute approximate surface area is 155 Å². The van der Waals surface area contributed by atoms with Crippen molar-refractivity contribution in [2.45, 2.75) is 32.3 Å². The third-order valence-electron chi connectivity index (χ3n) is 4.27. The quantitative estimate of drug-likeness (QED) is 0.745. The van der Waals surface area contributed by atoms with Gasteiger partial charge < -0.3 is 9.80 Å². The zero-order valence-corrected chi connectivity index (χ0v) is 15.9. The van der Waals surface area contributed by atoms with E-state index in [9.17, 15) is 22.8 Å². The second-order valence-corrected chi connectivity index (χ2v) is 7.51. The first-order valence-corrected chi connectivity index (χ1v) is 9.57. The van der Waals surface area contributed by atoms with Crippen molar-refractivity contribution >= 4 is 23.6 Å². The number of rotatable bonds is 6. The maximum Gasteiger partial charge on any atom is 0.416 e. The predicted octanol–water partition coefficient (Wildman–Crippen LogP) is 3.78. The molecule has 2 rings (SSSR count). The van der Waals surface area contributed by atoms with Crippen molar-refractivity contribution in [1.29, 1.82) is 0 Å². The number of carbonyl (C=O) groups excluding carboxylic acids is 2. The minimum Gasteiger partial charge on any atom is -0.341 e. The molecule has 0 aliphatic carbocycles. The van der Waals surface area contributed by atoms with Crippen LogP contribution in [0.1, 0.15) is 37.3 Å². The molecular formula is C18H23F3N2O2S. The van der Waals surface area contributed by atoms with Crippen LogP contribution in [0.2, 0.25) is 0 Å². The molecule has 0 bridgehead atoms. The van der Waals surface area contributed by atoms with Gasteiger partial charge in [-0.15, -0.1) is 11.8 Å². The molecule has 1 aromatic carbocycles. The Morgan fingerprint density at radius 3 is 2.65 bits per heavy atom. The van der Waals surface area contributed by atoms with Crippen molar-refractivity contribution in [3.8, 4) is 0 Å². The van der Waals surface area contributed by atoms with Gasteiger partial charge in [-0.25, -0.2) is 0 Å². The largest absolute Gasteiger partial charge is 0.416 e. The van der Waals surface area contributed by atoms with Gasteiger partial charge in [0.05, 0.1) is 11.3 Å². The number of benzene rings is 1. The Morgan fingerprint density at radius 1 is 1.38 bits per heavy atom. The van der Waals surface area contributed by atoms with Crippen LogP contribution in [-0.2, 0) is 15.8 Å². The fourth-order valence-electron chi connectivity index (χ4n) is 2.86. The predicted molar refractivity (Wildman–Crippen MR) is 95.4 cm³/mol. The lowest BCUT2D eigenvalue weighted by molar-refractivity contribution is -0.138. The zero-order chi connectivity index (χ0) is 19.5. The molecule has 8 heteroatoms. The van der Waals surface area contributed by atoms with Crippen LogP contribution in [0.5, 0.6) is 0 Å². The summed E-state index contributed by atoms with van der Waals surface area (Å²) in [4.78, 5) is 27.6. The van der Waals surface area contributed by atoms with Gasteiger partial charge in [-0.2, -0.15) is 13.2 Å². The second-order valence-electron chi connectivity index (χ2n) is 6.45. The number of thioether (sulfide) groups is 1. The average molecular weight is 388 g/mol. The Kier molecular flexibility index (Phi) is 6.60. The number of hydrogen-bond acceptors (Lipinski definition) is 3. The molecular weight excluding hydrogens is 365 g/mol. The summed E-state index contributed by atoms with van der Waals surface area (Å²) in [6.45, 7) is 6.69. The summed E-state index contributed by atoms with van der Waals surface area (Å²) < 4.78 is 38.9. The SMILES string of the molecule is CCN(CCN1C(=O)CS[C@H]1c1cccc(C(F)(F)F)c1)C(=O)C(C)C. The fraction of sp³-hybridized carbons (Fsp3) is 0.556. The highest BCUT2D eigenvalue weighted by Gasteiger charge is 2.36. The van der Waals surface area contributed by atoms with E-state index in [1.165, 1.54) is 17.8 Å². The minimum atomic E-state index is -4.42. The van der Waals surface area contributed by atoms with E-state index in [0.717, 1.165) is 12.1 Å². The molecule has 0 saturated carbocycles. The van der Waals surface area contributed by atoms with Crippen LogP contribution in [-0.4, -0.2) is 47.0 Å². The molecule has 0 unspecified atom stereocenters. The molecule has 0 N–H and O–H groups in total. The van der Waals surface area contributed by atoms with Crippen LogP contribution in [0.3, 0.4) is 0 Å². The number of carbonyl (C=O) groups is 2. The van der Waals surface area contributed by atoms with Crippen LogP contribution < -0.4 is 0 Å². The van der Waals surface area contributed by atoms with Gasteiger partial charge >= 0.3 is 6.18 Å². The van der Waals surface area contributed by atoms with Crippen molar-refractivity contribution in [3.63, 3.8) is 0 Å². The summed E-state index contributed by atoms with van der Waals surface area (Å²) in [5.41, 5.74) is -0.269. The lowest BCUT2D eigenvalue weighted by Crippen LogP contribution is -2.41. The molecule has 0 radical (unpaired) electrons. The van der Waals surface area contributed by atoms with E-state index < -0.39 is 17.1 Å². The van der Waals surface area contributed by atoms with Crippen LogP contribution in [0.15, 0.2) is 24.3 Å². The highest BCUT2D eigenvalue weighted by atomic mass is 32.2. The standard InChI is InChI=1S/C18H23F3N2O2S/c1-4-22(16(25)12(2)3)8-9-23-15(24)11-26-17(23)13-6-5-7-14(10-13)18(19,20)21/h5-7,10,12,17H,4,8-9,11H2,1-3H3/t17-/m0/s1. The van der Waals surface area contributed by atoms with Crippen molar-refractivity contribution in [1.82, 2.24) is 9.80 Å². The zero-order valence-electron chi connectivity index (χ0n) is 15.0. The number of likely N-dealkylation sites (N-methyl/N-ethyl adjacent to an activating group) is 1. The molecule has 1 fully saturated rings. The van der Waals surface area contributed by atoms with Crippen molar-refractivity contribution in [2.75, 3.05) is 25.4 Å². The van der Waals surface area contributed by atoms with E-state index in [4.69, 9.17) is 0 Å². The number of alkyl halides is 3.